The lowest BCUT2D eigenvalue weighted by molar-refractivity contribution is 0.115. The fraction of sp³-hybridized carbons (Fsp3) is 0.857. The zero-order chi connectivity index (χ0) is 8.69. The SMILES string of the molecule is CC(C)OC(=O)NCCCN. The van der Waals surface area contributed by atoms with Gasteiger partial charge in [0.15, 0.2) is 0 Å². The molecular weight excluding hydrogens is 144 g/mol. The number of rotatable bonds is 4. The van der Waals surface area contributed by atoms with Crippen molar-refractivity contribution in [2.45, 2.75) is 26.4 Å². The predicted octanol–water partition coefficient (Wildman–Crippen LogP) is 0.470. The van der Waals surface area contributed by atoms with Gasteiger partial charge in [-0.3, -0.25) is 0 Å². The maximum Gasteiger partial charge on any atom is 0.407 e. The van der Waals surface area contributed by atoms with Gasteiger partial charge in [-0.25, -0.2) is 4.79 Å². The first-order chi connectivity index (χ1) is 5.16. The van der Waals surface area contributed by atoms with Gasteiger partial charge in [-0.1, -0.05) is 0 Å². The first-order valence-corrected chi connectivity index (χ1v) is 3.81. The number of nitrogens with one attached hydrogen (secondary N) is 1. The van der Waals surface area contributed by atoms with Crippen LogP contribution in [0.3, 0.4) is 0 Å². The molecule has 4 heteroatoms. The van der Waals surface area contributed by atoms with E-state index in [1.54, 1.807) is 0 Å². The highest BCUT2D eigenvalue weighted by Crippen LogP contribution is 1.87. The average molecular weight is 160 g/mol. The Kier molecular flexibility index (Phi) is 5.56. The summed E-state index contributed by atoms with van der Waals surface area (Å²) in [5, 5.41) is 2.57. The fourth-order valence-electron chi connectivity index (χ4n) is 0.548. The van der Waals surface area contributed by atoms with Crippen LogP contribution in [0.1, 0.15) is 20.3 Å². The van der Waals surface area contributed by atoms with E-state index in [1.807, 2.05) is 13.8 Å². The zero-order valence-corrected chi connectivity index (χ0v) is 7.09. The molecule has 0 saturated carbocycles. The van der Waals surface area contributed by atoms with Crippen LogP contribution in [0.5, 0.6) is 0 Å². The van der Waals surface area contributed by atoms with Gasteiger partial charge < -0.3 is 15.8 Å². The molecule has 0 aromatic rings. The maximum absolute atomic E-state index is 10.8. The van der Waals surface area contributed by atoms with Crippen molar-refractivity contribution in [2.75, 3.05) is 13.1 Å². The summed E-state index contributed by atoms with van der Waals surface area (Å²) < 4.78 is 4.81. The topological polar surface area (TPSA) is 64.3 Å². The van der Waals surface area contributed by atoms with E-state index < -0.39 is 0 Å². The molecule has 0 atom stereocenters. The molecule has 0 aliphatic rings. The Balaban J connectivity index is 3.23. The predicted molar refractivity (Wildman–Crippen MR) is 43.3 cm³/mol. The molecule has 0 aliphatic carbocycles. The Morgan fingerprint density at radius 3 is 2.73 bits per heavy atom. The van der Waals surface area contributed by atoms with Gasteiger partial charge in [0, 0.05) is 6.54 Å². The van der Waals surface area contributed by atoms with Crippen molar-refractivity contribution in [3.05, 3.63) is 0 Å². The van der Waals surface area contributed by atoms with E-state index in [-0.39, 0.29) is 12.2 Å². The summed E-state index contributed by atoms with van der Waals surface area (Å²) in [7, 11) is 0. The number of alkyl carbamates (subject to hydrolysis) is 1. The molecule has 1 amide bonds. The summed E-state index contributed by atoms with van der Waals surface area (Å²) in [5.41, 5.74) is 5.22. The molecule has 0 spiro atoms. The van der Waals surface area contributed by atoms with Crippen molar-refractivity contribution in [2.24, 2.45) is 5.73 Å². The molecule has 0 heterocycles. The molecule has 0 rings (SSSR count). The number of amides is 1. The molecule has 0 aromatic carbocycles. The van der Waals surface area contributed by atoms with Gasteiger partial charge in [-0.2, -0.15) is 0 Å². The van der Waals surface area contributed by atoms with Crippen LogP contribution in [-0.2, 0) is 4.74 Å². The van der Waals surface area contributed by atoms with Crippen molar-refractivity contribution in [3.63, 3.8) is 0 Å². The average Bonchev–Trinajstić information content (AvgIpc) is 1.86. The standard InChI is InChI=1S/C7H16N2O2/c1-6(2)11-7(10)9-5-3-4-8/h6H,3-5,8H2,1-2H3,(H,9,10). The molecule has 4 nitrogen and oxygen atoms in total. The Morgan fingerprint density at radius 1 is 1.64 bits per heavy atom. The monoisotopic (exact) mass is 160 g/mol. The smallest absolute Gasteiger partial charge is 0.407 e. The van der Waals surface area contributed by atoms with E-state index in [2.05, 4.69) is 5.32 Å². The van der Waals surface area contributed by atoms with E-state index in [4.69, 9.17) is 10.5 Å². The summed E-state index contributed by atoms with van der Waals surface area (Å²) in [6.07, 6.45) is 0.356. The van der Waals surface area contributed by atoms with Crippen LogP contribution >= 0.6 is 0 Å². The first-order valence-electron chi connectivity index (χ1n) is 3.81. The molecule has 0 aliphatic heterocycles. The van der Waals surface area contributed by atoms with E-state index >= 15 is 0 Å². The van der Waals surface area contributed by atoms with Gasteiger partial charge in [0.05, 0.1) is 6.10 Å². The van der Waals surface area contributed by atoms with Crippen LogP contribution < -0.4 is 11.1 Å². The second-order valence-electron chi connectivity index (χ2n) is 2.52. The number of hydrogen-bond acceptors (Lipinski definition) is 3. The van der Waals surface area contributed by atoms with E-state index in [0.29, 0.717) is 13.1 Å². The minimum Gasteiger partial charge on any atom is -0.447 e. The van der Waals surface area contributed by atoms with Crippen molar-refractivity contribution < 1.29 is 9.53 Å². The minimum atomic E-state index is -0.367. The molecular formula is C7H16N2O2. The number of carbonyl (C=O) groups is 1. The number of hydrogen-bond donors (Lipinski definition) is 2. The number of carbonyl (C=O) groups excluding carboxylic acids is 1. The van der Waals surface area contributed by atoms with Crippen LogP contribution in [0.15, 0.2) is 0 Å². The number of nitrogens with two attached hydrogens (primary N) is 1. The molecule has 0 radical (unpaired) electrons. The zero-order valence-electron chi connectivity index (χ0n) is 7.09. The van der Waals surface area contributed by atoms with Gasteiger partial charge >= 0.3 is 6.09 Å². The third kappa shape index (κ3) is 7.12. The van der Waals surface area contributed by atoms with Crippen molar-refractivity contribution >= 4 is 6.09 Å². The fourth-order valence-corrected chi connectivity index (χ4v) is 0.548. The summed E-state index contributed by atoms with van der Waals surface area (Å²) in [6.45, 7) is 4.79. The summed E-state index contributed by atoms with van der Waals surface area (Å²) in [4.78, 5) is 10.8. The van der Waals surface area contributed by atoms with Gasteiger partial charge in [-0.15, -0.1) is 0 Å². The van der Waals surface area contributed by atoms with Crippen LogP contribution in [0, 0.1) is 0 Å². The van der Waals surface area contributed by atoms with Gasteiger partial charge in [0.2, 0.25) is 0 Å². The quantitative estimate of drug-likeness (QED) is 0.587. The Morgan fingerprint density at radius 2 is 2.27 bits per heavy atom. The highest BCUT2D eigenvalue weighted by atomic mass is 16.6. The van der Waals surface area contributed by atoms with Crippen molar-refractivity contribution in [1.29, 1.82) is 0 Å². The summed E-state index contributed by atoms with van der Waals surface area (Å²) in [5.74, 6) is 0. The molecule has 66 valence electrons. The van der Waals surface area contributed by atoms with Gasteiger partial charge in [0.25, 0.3) is 0 Å². The van der Waals surface area contributed by atoms with Gasteiger partial charge in [0.1, 0.15) is 0 Å². The van der Waals surface area contributed by atoms with Crippen molar-refractivity contribution in [3.8, 4) is 0 Å². The number of ether oxygens (including phenoxy) is 1. The molecule has 0 saturated heterocycles. The maximum atomic E-state index is 10.8. The molecule has 0 aromatic heterocycles. The second-order valence-corrected chi connectivity index (χ2v) is 2.52. The summed E-state index contributed by atoms with van der Waals surface area (Å²) in [6, 6.07) is 0. The molecule has 0 bridgehead atoms. The Bertz CT molecular complexity index is 115. The van der Waals surface area contributed by atoms with Crippen LogP contribution in [0.25, 0.3) is 0 Å². The van der Waals surface area contributed by atoms with Crippen LogP contribution in [-0.4, -0.2) is 25.3 Å². The molecule has 11 heavy (non-hydrogen) atoms. The Labute approximate surface area is 67.1 Å². The minimum absolute atomic E-state index is 0.0622. The van der Waals surface area contributed by atoms with E-state index in [1.165, 1.54) is 0 Å². The van der Waals surface area contributed by atoms with Gasteiger partial charge in [-0.05, 0) is 26.8 Å². The van der Waals surface area contributed by atoms with Crippen molar-refractivity contribution in [1.82, 2.24) is 5.32 Å². The second kappa shape index (κ2) is 5.97. The normalized spacial score (nSPS) is 9.82. The Hall–Kier alpha value is -0.770. The molecule has 0 unspecified atom stereocenters. The third-order valence-electron chi connectivity index (χ3n) is 0.993. The lowest BCUT2D eigenvalue weighted by Crippen LogP contribution is -2.28. The summed E-state index contributed by atoms with van der Waals surface area (Å²) >= 11 is 0. The highest BCUT2D eigenvalue weighted by molar-refractivity contribution is 5.67. The molecule has 3 N–H and O–H groups in total. The van der Waals surface area contributed by atoms with Crippen LogP contribution in [0.4, 0.5) is 4.79 Å². The molecule has 0 fully saturated rings. The lowest BCUT2D eigenvalue weighted by Gasteiger charge is -2.08. The van der Waals surface area contributed by atoms with Crippen LogP contribution in [0.2, 0.25) is 0 Å². The highest BCUT2D eigenvalue weighted by Gasteiger charge is 2.01. The third-order valence-corrected chi connectivity index (χ3v) is 0.993. The van der Waals surface area contributed by atoms with E-state index in [0.717, 1.165) is 6.42 Å². The largest absolute Gasteiger partial charge is 0.447 e. The van der Waals surface area contributed by atoms with E-state index in [9.17, 15) is 4.79 Å². The lowest BCUT2D eigenvalue weighted by atomic mass is 10.4. The first kappa shape index (κ1) is 10.2.